The van der Waals surface area contributed by atoms with Crippen molar-refractivity contribution in [2.45, 2.75) is 18.6 Å². The van der Waals surface area contributed by atoms with Crippen LogP contribution < -0.4 is 5.32 Å². The summed E-state index contributed by atoms with van der Waals surface area (Å²) in [7, 11) is 2.91. The highest BCUT2D eigenvalue weighted by Gasteiger charge is 2.25. The minimum absolute atomic E-state index is 0. The van der Waals surface area contributed by atoms with Crippen molar-refractivity contribution < 1.29 is 4.21 Å². The number of likely N-dealkylation sites (tertiary alicyclic amines) is 1. The van der Waals surface area contributed by atoms with Gasteiger partial charge in [-0.3, -0.25) is 13.9 Å². The van der Waals surface area contributed by atoms with Crippen LogP contribution in [0.3, 0.4) is 0 Å². The van der Waals surface area contributed by atoms with Crippen LogP contribution in [0, 0.1) is 5.92 Å². The molecule has 8 heteroatoms. The molecular weight excluding hydrogens is 485 g/mol. The first-order valence-electron chi connectivity index (χ1n) is 9.46. The molecule has 1 aliphatic rings. The van der Waals surface area contributed by atoms with E-state index < -0.39 is 10.8 Å². The summed E-state index contributed by atoms with van der Waals surface area (Å²) < 4.78 is 14.1. The van der Waals surface area contributed by atoms with Crippen LogP contribution in [0.25, 0.3) is 0 Å². The van der Waals surface area contributed by atoms with E-state index in [4.69, 9.17) is 0 Å². The second-order valence-corrected chi connectivity index (χ2v) is 8.65. The predicted octanol–water partition coefficient (Wildman–Crippen LogP) is 2.43. The molecule has 1 fully saturated rings. The highest BCUT2D eigenvalue weighted by molar-refractivity contribution is 14.0. The van der Waals surface area contributed by atoms with Crippen LogP contribution in [0.4, 0.5) is 0 Å². The van der Waals surface area contributed by atoms with Crippen molar-refractivity contribution >= 4 is 40.7 Å². The summed E-state index contributed by atoms with van der Waals surface area (Å²) in [5.41, 5.74) is 2.42. The Morgan fingerprint density at radius 3 is 2.79 bits per heavy atom. The number of aliphatic imine (C=N–C) groups is 1. The molecule has 3 rings (SSSR count). The molecule has 0 spiro atoms. The second-order valence-electron chi connectivity index (χ2n) is 7.07. The van der Waals surface area contributed by atoms with E-state index in [1.807, 2.05) is 55.3 Å². The third kappa shape index (κ3) is 6.88. The molecule has 0 amide bonds. The lowest BCUT2D eigenvalue weighted by Gasteiger charge is -2.21. The van der Waals surface area contributed by atoms with E-state index in [9.17, 15) is 4.21 Å². The van der Waals surface area contributed by atoms with E-state index in [2.05, 4.69) is 26.5 Å². The maximum Gasteiger partial charge on any atom is 0.193 e. The Bertz CT molecular complexity index is 780. The molecule has 2 aromatic rings. The Balaban J connectivity index is 0.00000280. The molecule has 2 unspecified atom stereocenters. The van der Waals surface area contributed by atoms with Crippen LogP contribution in [0.15, 0.2) is 47.7 Å². The number of guanidine groups is 1. The van der Waals surface area contributed by atoms with Crippen molar-refractivity contribution in [3.05, 3.63) is 53.9 Å². The van der Waals surface area contributed by atoms with Crippen LogP contribution in [-0.2, 0) is 30.0 Å². The Labute approximate surface area is 187 Å². The molecule has 28 heavy (non-hydrogen) atoms. The zero-order valence-corrected chi connectivity index (χ0v) is 19.7. The summed E-state index contributed by atoms with van der Waals surface area (Å²) in [6.45, 7) is 2.69. The first kappa shape index (κ1) is 22.9. The number of rotatable bonds is 7. The van der Waals surface area contributed by atoms with Gasteiger partial charge in [-0.25, -0.2) is 0 Å². The van der Waals surface area contributed by atoms with Crippen molar-refractivity contribution in [1.29, 1.82) is 0 Å². The van der Waals surface area contributed by atoms with Gasteiger partial charge in [-0.15, -0.1) is 24.0 Å². The van der Waals surface area contributed by atoms with Crippen molar-refractivity contribution in [2.75, 3.05) is 32.4 Å². The van der Waals surface area contributed by atoms with Crippen LogP contribution in [-0.4, -0.2) is 57.3 Å². The number of aryl methyl sites for hydroxylation is 1. The largest absolute Gasteiger partial charge is 0.355 e. The molecule has 2 atom stereocenters. The van der Waals surface area contributed by atoms with Gasteiger partial charge in [0.25, 0.3) is 0 Å². The fourth-order valence-electron chi connectivity index (χ4n) is 3.54. The normalized spacial score (nSPS) is 18.0. The molecule has 1 aliphatic heterocycles. The van der Waals surface area contributed by atoms with E-state index in [1.54, 1.807) is 0 Å². The summed E-state index contributed by atoms with van der Waals surface area (Å²) in [5, 5.41) is 7.64. The highest BCUT2D eigenvalue weighted by atomic mass is 127. The van der Waals surface area contributed by atoms with Gasteiger partial charge >= 0.3 is 0 Å². The fourth-order valence-corrected chi connectivity index (χ4v) is 4.58. The van der Waals surface area contributed by atoms with Crippen molar-refractivity contribution in [3.63, 3.8) is 0 Å². The molecule has 6 nitrogen and oxygen atoms in total. The Hall–Kier alpha value is -1.42. The van der Waals surface area contributed by atoms with Gasteiger partial charge in [0.05, 0.1) is 6.20 Å². The number of hydrogen-bond donors (Lipinski definition) is 1. The number of aromatic nitrogens is 2. The first-order chi connectivity index (χ1) is 13.1. The van der Waals surface area contributed by atoms with E-state index >= 15 is 0 Å². The van der Waals surface area contributed by atoms with Crippen LogP contribution in [0.5, 0.6) is 0 Å². The molecule has 1 saturated heterocycles. The van der Waals surface area contributed by atoms with Gasteiger partial charge in [0.2, 0.25) is 0 Å². The van der Waals surface area contributed by atoms with Crippen LogP contribution in [0.1, 0.15) is 17.5 Å². The standard InChI is InChI=1S/C20H29N5OS.HI/c1-21-20(22-9-11-27(26)16-17-6-4-3-5-7-17)25-10-8-18(15-25)12-19-13-23-24(2)14-19;/h3-7,13-14,18H,8-12,15-16H2,1-2H3,(H,21,22);1H. The molecule has 0 saturated carbocycles. The summed E-state index contributed by atoms with van der Waals surface area (Å²) >= 11 is 0. The molecule has 1 N–H and O–H groups in total. The van der Waals surface area contributed by atoms with Crippen molar-refractivity contribution in [2.24, 2.45) is 18.0 Å². The maximum atomic E-state index is 12.3. The summed E-state index contributed by atoms with van der Waals surface area (Å²) in [5.74, 6) is 2.78. The highest BCUT2D eigenvalue weighted by Crippen LogP contribution is 2.20. The summed E-state index contributed by atoms with van der Waals surface area (Å²) in [6.07, 6.45) is 6.27. The first-order valence-corrected chi connectivity index (χ1v) is 10.9. The van der Waals surface area contributed by atoms with E-state index in [1.165, 1.54) is 5.56 Å². The van der Waals surface area contributed by atoms with E-state index in [0.29, 0.717) is 24.0 Å². The molecule has 154 valence electrons. The SMILES string of the molecule is CN=C(NCCS(=O)Cc1ccccc1)N1CCC(Cc2cnn(C)c2)C1.I. The minimum Gasteiger partial charge on any atom is -0.355 e. The number of hydrogen-bond acceptors (Lipinski definition) is 3. The number of nitrogens with zero attached hydrogens (tertiary/aromatic N) is 4. The average Bonchev–Trinajstić information content (AvgIpc) is 3.29. The Kier molecular flexibility index (Phi) is 9.43. The lowest BCUT2D eigenvalue weighted by atomic mass is 10.0. The van der Waals surface area contributed by atoms with Crippen LogP contribution >= 0.6 is 24.0 Å². The molecular formula is C20H30IN5OS. The number of halogens is 1. The summed E-state index contributed by atoms with van der Waals surface area (Å²) in [4.78, 5) is 6.72. The smallest absolute Gasteiger partial charge is 0.193 e. The second kappa shape index (κ2) is 11.5. The number of benzene rings is 1. The molecule has 1 aromatic heterocycles. The minimum atomic E-state index is -0.867. The average molecular weight is 515 g/mol. The van der Waals surface area contributed by atoms with E-state index in [0.717, 1.165) is 37.5 Å². The van der Waals surface area contributed by atoms with Gasteiger partial charge in [-0.1, -0.05) is 30.3 Å². The maximum absolute atomic E-state index is 12.3. The monoisotopic (exact) mass is 515 g/mol. The molecule has 1 aromatic carbocycles. The molecule has 2 heterocycles. The number of nitrogens with one attached hydrogen (secondary N) is 1. The zero-order chi connectivity index (χ0) is 19.1. The Morgan fingerprint density at radius 1 is 1.32 bits per heavy atom. The van der Waals surface area contributed by atoms with Gasteiger partial charge in [-0.2, -0.15) is 5.10 Å². The lowest BCUT2D eigenvalue weighted by molar-refractivity contribution is 0.461. The van der Waals surface area contributed by atoms with Gasteiger partial charge in [0, 0.05) is 62.2 Å². The third-order valence-electron chi connectivity index (χ3n) is 4.86. The van der Waals surface area contributed by atoms with Gasteiger partial charge in [0.1, 0.15) is 0 Å². The van der Waals surface area contributed by atoms with Crippen LogP contribution in [0.2, 0.25) is 0 Å². The fraction of sp³-hybridized carbons (Fsp3) is 0.500. The quantitative estimate of drug-likeness (QED) is 0.350. The molecule has 0 aliphatic carbocycles. The van der Waals surface area contributed by atoms with Gasteiger partial charge < -0.3 is 10.2 Å². The zero-order valence-electron chi connectivity index (χ0n) is 16.6. The van der Waals surface area contributed by atoms with Crippen molar-refractivity contribution in [3.8, 4) is 0 Å². The van der Waals surface area contributed by atoms with E-state index in [-0.39, 0.29) is 24.0 Å². The predicted molar refractivity (Wildman–Crippen MR) is 127 cm³/mol. The third-order valence-corrected chi connectivity index (χ3v) is 6.18. The summed E-state index contributed by atoms with van der Waals surface area (Å²) in [6, 6.07) is 10.0. The Morgan fingerprint density at radius 2 is 2.11 bits per heavy atom. The van der Waals surface area contributed by atoms with Gasteiger partial charge in [-0.05, 0) is 29.9 Å². The van der Waals surface area contributed by atoms with Crippen molar-refractivity contribution in [1.82, 2.24) is 20.0 Å². The molecule has 0 radical (unpaired) electrons. The molecule has 0 bridgehead atoms. The van der Waals surface area contributed by atoms with Gasteiger partial charge in [0.15, 0.2) is 5.96 Å². The topological polar surface area (TPSA) is 62.5 Å². The lowest BCUT2D eigenvalue weighted by Crippen LogP contribution is -2.41.